The van der Waals surface area contributed by atoms with Gasteiger partial charge in [0.1, 0.15) is 0 Å². The van der Waals surface area contributed by atoms with Crippen LogP contribution in [0.5, 0.6) is 0 Å². The van der Waals surface area contributed by atoms with Gasteiger partial charge in [-0.15, -0.1) is 0 Å². The van der Waals surface area contributed by atoms with Crippen LogP contribution in [0.2, 0.25) is 0 Å². The molecule has 2 aliphatic heterocycles. The molecule has 17 heavy (non-hydrogen) atoms. The molecule has 0 aliphatic carbocycles. The lowest BCUT2D eigenvalue weighted by Gasteiger charge is -2.37. The lowest BCUT2D eigenvalue weighted by atomic mass is 9.97. The van der Waals surface area contributed by atoms with Gasteiger partial charge in [0.25, 0.3) is 6.43 Å². The van der Waals surface area contributed by atoms with Crippen molar-refractivity contribution in [2.24, 2.45) is 5.92 Å². The molecule has 5 heteroatoms. The predicted molar refractivity (Wildman–Crippen MR) is 64.5 cm³/mol. The van der Waals surface area contributed by atoms with E-state index in [2.05, 4.69) is 10.2 Å². The highest BCUT2D eigenvalue weighted by atomic mass is 19.3. The molecule has 0 atom stereocenters. The molecule has 0 aromatic carbocycles. The molecule has 1 N–H and O–H groups in total. The van der Waals surface area contributed by atoms with Gasteiger partial charge in [-0.3, -0.25) is 4.90 Å². The van der Waals surface area contributed by atoms with E-state index in [1.165, 1.54) is 12.8 Å². The Balaban J connectivity index is 1.64. The Morgan fingerprint density at radius 3 is 2.18 bits per heavy atom. The summed E-state index contributed by atoms with van der Waals surface area (Å²) < 4.78 is 24.5. The van der Waals surface area contributed by atoms with Crippen LogP contribution >= 0.6 is 0 Å². The molecule has 0 bridgehead atoms. The first-order chi connectivity index (χ1) is 8.24. The Bertz CT molecular complexity index is 212. The summed E-state index contributed by atoms with van der Waals surface area (Å²) in [5.41, 5.74) is 0. The molecule has 0 unspecified atom stereocenters. The van der Waals surface area contributed by atoms with Gasteiger partial charge in [0.2, 0.25) is 0 Å². The number of hydrogen-bond donors (Lipinski definition) is 1. The van der Waals surface area contributed by atoms with E-state index in [-0.39, 0.29) is 6.54 Å². The number of nitrogens with zero attached hydrogens (tertiary/aromatic N) is 2. The van der Waals surface area contributed by atoms with Crippen molar-refractivity contribution in [3.8, 4) is 0 Å². The molecular weight excluding hydrogens is 224 g/mol. The average Bonchev–Trinajstić information content (AvgIpc) is 2.32. The molecule has 100 valence electrons. The van der Waals surface area contributed by atoms with Gasteiger partial charge in [-0.25, -0.2) is 8.78 Å². The molecule has 2 aliphatic rings. The third kappa shape index (κ3) is 4.48. The second kappa shape index (κ2) is 6.61. The molecule has 0 saturated carbocycles. The minimum atomic E-state index is -2.19. The molecule has 2 heterocycles. The van der Waals surface area contributed by atoms with Crippen LogP contribution in [0.3, 0.4) is 0 Å². The number of nitrogens with one attached hydrogen (secondary N) is 1. The van der Waals surface area contributed by atoms with Gasteiger partial charge in [-0.05, 0) is 31.8 Å². The number of piperazine rings is 1. The summed E-state index contributed by atoms with van der Waals surface area (Å²) in [6.45, 7) is 6.88. The monoisotopic (exact) mass is 247 g/mol. The van der Waals surface area contributed by atoms with Crippen LogP contribution in [-0.2, 0) is 0 Å². The van der Waals surface area contributed by atoms with Gasteiger partial charge in [0.05, 0.1) is 6.54 Å². The van der Waals surface area contributed by atoms with Crippen molar-refractivity contribution in [2.45, 2.75) is 19.3 Å². The molecule has 0 spiro atoms. The van der Waals surface area contributed by atoms with E-state index in [0.717, 1.165) is 51.7 Å². The molecule has 0 aromatic heterocycles. The van der Waals surface area contributed by atoms with Crippen LogP contribution < -0.4 is 5.32 Å². The van der Waals surface area contributed by atoms with E-state index in [1.807, 2.05) is 4.90 Å². The number of piperidine rings is 1. The van der Waals surface area contributed by atoms with Crippen molar-refractivity contribution in [3.63, 3.8) is 0 Å². The first-order valence-electron chi connectivity index (χ1n) is 6.67. The topological polar surface area (TPSA) is 18.5 Å². The van der Waals surface area contributed by atoms with E-state index in [0.29, 0.717) is 0 Å². The number of halogens is 2. The zero-order valence-electron chi connectivity index (χ0n) is 10.4. The lowest BCUT2D eigenvalue weighted by molar-refractivity contribution is 0.0505. The predicted octanol–water partition coefficient (Wildman–Crippen LogP) is 0.869. The third-order valence-corrected chi connectivity index (χ3v) is 3.84. The fourth-order valence-electron chi connectivity index (χ4n) is 2.78. The standard InChI is InChI=1S/C12H23F2N3/c13-12(14)10-17-7-5-16(6-8-17)9-11-1-3-15-4-2-11/h11-12,15H,1-10H2. The van der Waals surface area contributed by atoms with E-state index in [4.69, 9.17) is 0 Å². The fourth-order valence-corrected chi connectivity index (χ4v) is 2.78. The fraction of sp³-hybridized carbons (Fsp3) is 1.00. The van der Waals surface area contributed by atoms with Gasteiger partial charge in [-0.2, -0.15) is 0 Å². The van der Waals surface area contributed by atoms with Crippen molar-refractivity contribution in [2.75, 3.05) is 52.4 Å². The summed E-state index contributed by atoms with van der Waals surface area (Å²) in [4.78, 5) is 4.32. The molecule has 2 fully saturated rings. The lowest BCUT2D eigenvalue weighted by Crippen LogP contribution is -2.49. The maximum Gasteiger partial charge on any atom is 0.251 e. The number of alkyl halides is 2. The van der Waals surface area contributed by atoms with Crippen molar-refractivity contribution in [3.05, 3.63) is 0 Å². The summed E-state index contributed by atoms with van der Waals surface area (Å²) in [6.07, 6.45) is 0.333. The highest BCUT2D eigenvalue weighted by Crippen LogP contribution is 2.15. The van der Waals surface area contributed by atoms with Crippen LogP contribution in [0.1, 0.15) is 12.8 Å². The van der Waals surface area contributed by atoms with Gasteiger partial charge >= 0.3 is 0 Å². The Morgan fingerprint density at radius 1 is 1.00 bits per heavy atom. The zero-order chi connectivity index (χ0) is 12.1. The molecular formula is C12H23F2N3. The second-order valence-electron chi connectivity index (χ2n) is 5.19. The summed E-state index contributed by atoms with van der Waals surface area (Å²) in [6, 6.07) is 0. The SMILES string of the molecule is FC(F)CN1CCN(CC2CCNCC2)CC1. The summed E-state index contributed by atoms with van der Waals surface area (Å²) in [5, 5.41) is 3.37. The van der Waals surface area contributed by atoms with Gasteiger partial charge < -0.3 is 10.2 Å². The summed E-state index contributed by atoms with van der Waals surface area (Å²) >= 11 is 0. The highest BCUT2D eigenvalue weighted by Gasteiger charge is 2.22. The summed E-state index contributed by atoms with van der Waals surface area (Å²) in [7, 11) is 0. The Morgan fingerprint density at radius 2 is 1.59 bits per heavy atom. The normalized spacial score (nSPS) is 25.6. The third-order valence-electron chi connectivity index (χ3n) is 3.84. The van der Waals surface area contributed by atoms with E-state index in [9.17, 15) is 8.78 Å². The molecule has 2 saturated heterocycles. The molecule has 0 radical (unpaired) electrons. The molecule has 0 aromatic rings. The van der Waals surface area contributed by atoms with Crippen molar-refractivity contribution in [1.82, 2.24) is 15.1 Å². The first-order valence-corrected chi connectivity index (χ1v) is 6.67. The van der Waals surface area contributed by atoms with E-state index < -0.39 is 6.43 Å². The van der Waals surface area contributed by atoms with Crippen LogP contribution in [0.4, 0.5) is 8.78 Å². The molecule has 3 nitrogen and oxygen atoms in total. The second-order valence-corrected chi connectivity index (χ2v) is 5.19. The maximum atomic E-state index is 12.2. The van der Waals surface area contributed by atoms with Crippen molar-refractivity contribution in [1.29, 1.82) is 0 Å². The molecule has 0 amide bonds. The first kappa shape index (κ1) is 13.2. The largest absolute Gasteiger partial charge is 0.317 e. The van der Waals surface area contributed by atoms with Crippen LogP contribution in [0, 0.1) is 5.92 Å². The van der Waals surface area contributed by atoms with Crippen LogP contribution in [0.25, 0.3) is 0 Å². The van der Waals surface area contributed by atoms with Crippen LogP contribution in [-0.4, -0.2) is 68.6 Å². The maximum absolute atomic E-state index is 12.2. The quantitative estimate of drug-likeness (QED) is 0.795. The average molecular weight is 247 g/mol. The number of rotatable bonds is 4. The highest BCUT2D eigenvalue weighted by molar-refractivity contribution is 4.77. The van der Waals surface area contributed by atoms with Crippen molar-refractivity contribution < 1.29 is 8.78 Å². The van der Waals surface area contributed by atoms with Crippen molar-refractivity contribution >= 4 is 0 Å². The van der Waals surface area contributed by atoms with Crippen LogP contribution in [0.15, 0.2) is 0 Å². The molecule has 2 rings (SSSR count). The number of hydrogen-bond acceptors (Lipinski definition) is 3. The Hall–Kier alpha value is -0.260. The van der Waals surface area contributed by atoms with E-state index >= 15 is 0 Å². The Kier molecular flexibility index (Phi) is 5.13. The van der Waals surface area contributed by atoms with Gasteiger partial charge in [0, 0.05) is 32.7 Å². The zero-order valence-corrected chi connectivity index (χ0v) is 10.4. The van der Waals surface area contributed by atoms with Gasteiger partial charge in [-0.1, -0.05) is 0 Å². The smallest absolute Gasteiger partial charge is 0.251 e. The van der Waals surface area contributed by atoms with Gasteiger partial charge in [0.15, 0.2) is 0 Å². The van der Waals surface area contributed by atoms with E-state index in [1.54, 1.807) is 0 Å². The minimum absolute atomic E-state index is 0.0544. The summed E-state index contributed by atoms with van der Waals surface area (Å²) in [5.74, 6) is 0.804. The Labute approximate surface area is 102 Å². The minimum Gasteiger partial charge on any atom is -0.317 e.